The maximum absolute atomic E-state index is 11.8. The highest BCUT2D eigenvalue weighted by molar-refractivity contribution is 5.82. The van der Waals surface area contributed by atoms with Gasteiger partial charge in [0.25, 0.3) is 0 Å². The van der Waals surface area contributed by atoms with Gasteiger partial charge in [0.15, 0.2) is 0 Å². The Labute approximate surface area is 102 Å². The van der Waals surface area contributed by atoms with Gasteiger partial charge in [0.1, 0.15) is 5.76 Å². The highest BCUT2D eigenvalue weighted by Crippen LogP contribution is 2.20. The molecule has 0 fully saturated rings. The first-order valence-corrected chi connectivity index (χ1v) is 5.83. The minimum Gasteiger partial charge on any atom is -0.361 e. The van der Waals surface area contributed by atoms with E-state index in [9.17, 15) is 4.79 Å². The Morgan fingerprint density at radius 3 is 2.35 bits per heavy atom. The average molecular weight is 239 g/mol. The Hall–Kier alpha value is -1.36. The number of aryl methyl sites for hydroxylation is 2. The van der Waals surface area contributed by atoms with Crippen molar-refractivity contribution in [3.63, 3.8) is 0 Å². The number of hydrogen-bond donors (Lipinski definition) is 2. The van der Waals surface area contributed by atoms with Crippen LogP contribution < -0.4 is 11.1 Å². The van der Waals surface area contributed by atoms with E-state index in [4.69, 9.17) is 10.3 Å². The second-order valence-corrected chi connectivity index (χ2v) is 4.74. The van der Waals surface area contributed by atoms with Crippen molar-refractivity contribution in [2.45, 2.75) is 46.7 Å². The Morgan fingerprint density at radius 2 is 1.94 bits per heavy atom. The fraction of sp³-hybridized carbons (Fsp3) is 0.667. The van der Waals surface area contributed by atoms with Crippen LogP contribution in [-0.2, 0) is 4.79 Å². The van der Waals surface area contributed by atoms with Crippen LogP contribution in [0, 0.1) is 19.8 Å². The molecule has 2 atom stereocenters. The maximum Gasteiger partial charge on any atom is 0.237 e. The zero-order valence-corrected chi connectivity index (χ0v) is 11.1. The smallest absolute Gasteiger partial charge is 0.237 e. The van der Waals surface area contributed by atoms with E-state index in [1.54, 1.807) is 0 Å². The largest absolute Gasteiger partial charge is 0.361 e. The quantitative estimate of drug-likeness (QED) is 0.833. The minimum absolute atomic E-state index is 0.117. The van der Waals surface area contributed by atoms with Crippen LogP contribution in [0.25, 0.3) is 0 Å². The number of aromatic nitrogens is 1. The van der Waals surface area contributed by atoms with Gasteiger partial charge >= 0.3 is 0 Å². The molecule has 0 spiro atoms. The third-order valence-corrected chi connectivity index (χ3v) is 2.90. The third kappa shape index (κ3) is 3.06. The molecule has 1 unspecified atom stereocenters. The van der Waals surface area contributed by atoms with Crippen LogP contribution in [0.5, 0.6) is 0 Å². The topological polar surface area (TPSA) is 81.2 Å². The zero-order valence-electron chi connectivity index (χ0n) is 11.1. The summed E-state index contributed by atoms with van der Waals surface area (Å²) in [5, 5.41) is 6.75. The summed E-state index contributed by atoms with van der Waals surface area (Å²) in [5.74, 6) is 0.702. The minimum atomic E-state index is -0.488. The van der Waals surface area contributed by atoms with Crippen molar-refractivity contribution in [2.75, 3.05) is 0 Å². The fourth-order valence-corrected chi connectivity index (χ4v) is 1.79. The summed E-state index contributed by atoms with van der Waals surface area (Å²) in [7, 11) is 0. The lowest BCUT2D eigenvalue weighted by molar-refractivity contribution is -0.123. The van der Waals surface area contributed by atoms with Gasteiger partial charge in [-0.3, -0.25) is 4.79 Å². The van der Waals surface area contributed by atoms with Crippen molar-refractivity contribution in [1.29, 1.82) is 0 Å². The SMILES string of the molecule is Cc1noc(C)c1C(C)NC(=O)[C@H](N)C(C)C. The molecule has 1 amide bonds. The monoisotopic (exact) mass is 239 g/mol. The fourth-order valence-electron chi connectivity index (χ4n) is 1.79. The van der Waals surface area contributed by atoms with Crippen LogP contribution >= 0.6 is 0 Å². The first-order valence-electron chi connectivity index (χ1n) is 5.83. The number of carbonyl (C=O) groups excluding carboxylic acids is 1. The molecule has 5 nitrogen and oxygen atoms in total. The van der Waals surface area contributed by atoms with Crippen LogP contribution in [0.4, 0.5) is 0 Å². The lowest BCUT2D eigenvalue weighted by Crippen LogP contribution is -2.44. The summed E-state index contributed by atoms with van der Waals surface area (Å²) < 4.78 is 5.07. The van der Waals surface area contributed by atoms with Gasteiger partial charge in [0.2, 0.25) is 5.91 Å². The lowest BCUT2D eigenvalue weighted by atomic mass is 10.0. The van der Waals surface area contributed by atoms with E-state index >= 15 is 0 Å². The van der Waals surface area contributed by atoms with Gasteiger partial charge in [0.05, 0.1) is 17.8 Å². The summed E-state index contributed by atoms with van der Waals surface area (Å²) in [6, 6.07) is -0.628. The Bertz CT molecular complexity index is 379. The second-order valence-electron chi connectivity index (χ2n) is 4.74. The molecule has 1 aromatic heterocycles. The van der Waals surface area contributed by atoms with Crippen LogP contribution in [-0.4, -0.2) is 17.1 Å². The molecule has 1 aromatic rings. The Kier molecular flexibility index (Phi) is 4.28. The van der Waals surface area contributed by atoms with Crippen molar-refractivity contribution in [2.24, 2.45) is 11.7 Å². The highest BCUT2D eigenvalue weighted by atomic mass is 16.5. The second kappa shape index (κ2) is 5.31. The van der Waals surface area contributed by atoms with E-state index in [0.29, 0.717) is 0 Å². The first kappa shape index (κ1) is 13.7. The summed E-state index contributed by atoms with van der Waals surface area (Å²) >= 11 is 0. The van der Waals surface area contributed by atoms with Crippen LogP contribution in [0.15, 0.2) is 4.52 Å². The summed E-state index contributed by atoms with van der Waals surface area (Å²) in [4.78, 5) is 11.8. The molecule has 1 heterocycles. The molecule has 1 rings (SSSR count). The van der Waals surface area contributed by atoms with Gasteiger partial charge in [0, 0.05) is 5.56 Å². The van der Waals surface area contributed by atoms with E-state index in [1.165, 1.54) is 0 Å². The number of carbonyl (C=O) groups is 1. The highest BCUT2D eigenvalue weighted by Gasteiger charge is 2.22. The third-order valence-electron chi connectivity index (χ3n) is 2.90. The molecule has 0 aliphatic rings. The van der Waals surface area contributed by atoms with Gasteiger partial charge in [-0.2, -0.15) is 0 Å². The average Bonchev–Trinajstić information content (AvgIpc) is 2.56. The Balaban J connectivity index is 2.73. The van der Waals surface area contributed by atoms with Crippen molar-refractivity contribution >= 4 is 5.91 Å². The maximum atomic E-state index is 11.8. The van der Waals surface area contributed by atoms with Gasteiger partial charge in [-0.1, -0.05) is 19.0 Å². The number of hydrogen-bond acceptors (Lipinski definition) is 4. The van der Waals surface area contributed by atoms with Crippen molar-refractivity contribution < 1.29 is 9.32 Å². The molecule has 0 radical (unpaired) electrons. The molecular weight excluding hydrogens is 218 g/mol. The lowest BCUT2D eigenvalue weighted by Gasteiger charge is -2.19. The van der Waals surface area contributed by atoms with E-state index in [0.717, 1.165) is 17.0 Å². The zero-order chi connectivity index (χ0) is 13.2. The molecule has 5 heteroatoms. The predicted molar refractivity (Wildman–Crippen MR) is 65.3 cm³/mol. The molecule has 0 aromatic carbocycles. The number of rotatable bonds is 4. The molecule has 3 N–H and O–H groups in total. The molecule has 0 aliphatic heterocycles. The van der Waals surface area contributed by atoms with Crippen LogP contribution in [0.1, 0.15) is 43.8 Å². The van der Waals surface area contributed by atoms with Crippen molar-refractivity contribution in [3.8, 4) is 0 Å². The molecule has 0 bridgehead atoms. The first-order chi connectivity index (χ1) is 7.84. The van der Waals surface area contributed by atoms with E-state index < -0.39 is 6.04 Å². The molecule has 0 aliphatic carbocycles. The van der Waals surface area contributed by atoms with Gasteiger partial charge < -0.3 is 15.6 Å². The predicted octanol–water partition coefficient (Wildman–Crippen LogP) is 1.45. The van der Waals surface area contributed by atoms with Crippen molar-refractivity contribution in [3.05, 3.63) is 17.0 Å². The number of nitrogens with one attached hydrogen (secondary N) is 1. The normalized spacial score (nSPS) is 14.8. The number of nitrogens with two attached hydrogens (primary N) is 1. The van der Waals surface area contributed by atoms with Crippen LogP contribution in [0.2, 0.25) is 0 Å². The van der Waals surface area contributed by atoms with Crippen LogP contribution in [0.3, 0.4) is 0 Å². The van der Waals surface area contributed by atoms with Gasteiger partial charge in [-0.05, 0) is 26.7 Å². The van der Waals surface area contributed by atoms with E-state index in [1.807, 2.05) is 34.6 Å². The Morgan fingerprint density at radius 1 is 1.35 bits per heavy atom. The summed E-state index contributed by atoms with van der Waals surface area (Å²) in [6.07, 6.45) is 0. The molecule has 17 heavy (non-hydrogen) atoms. The summed E-state index contributed by atoms with van der Waals surface area (Å²) in [6.45, 7) is 9.43. The van der Waals surface area contributed by atoms with Crippen molar-refractivity contribution in [1.82, 2.24) is 10.5 Å². The van der Waals surface area contributed by atoms with Gasteiger partial charge in [-0.15, -0.1) is 0 Å². The van der Waals surface area contributed by atoms with Gasteiger partial charge in [-0.25, -0.2) is 0 Å². The molecule has 0 saturated carbocycles. The van der Waals surface area contributed by atoms with E-state index in [2.05, 4.69) is 10.5 Å². The standard InChI is InChI=1S/C12H21N3O2/c1-6(2)11(13)12(16)14-7(3)10-8(4)15-17-9(10)5/h6-7,11H,13H2,1-5H3,(H,14,16)/t7?,11-/m1/s1. The number of nitrogens with zero attached hydrogens (tertiary/aromatic N) is 1. The molecule has 96 valence electrons. The molecule has 0 saturated heterocycles. The summed E-state index contributed by atoms with van der Waals surface area (Å²) in [5.41, 5.74) is 7.51. The van der Waals surface area contributed by atoms with E-state index in [-0.39, 0.29) is 17.9 Å². The molecular formula is C12H21N3O2. The number of amides is 1.